The molecule has 2 aliphatic carbocycles. The Bertz CT molecular complexity index is 446. The zero-order chi connectivity index (χ0) is 11.8. The number of rotatable bonds is 3. The number of carboxylic acid groups (broad SMARTS) is 1. The fraction of sp³-hybridized carbons (Fsp3) is 0.571. The number of aromatic nitrogens is 1. The molecule has 0 radical (unpaired) electrons. The van der Waals surface area contributed by atoms with Crippen LogP contribution in [-0.4, -0.2) is 16.1 Å². The minimum absolute atomic E-state index is 0.370. The first kappa shape index (κ1) is 10.8. The van der Waals surface area contributed by atoms with E-state index < -0.39 is 5.97 Å². The Morgan fingerprint density at radius 2 is 1.88 bits per heavy atom. The number of carbonyl (C=O) groups is 1. The molecule has 3 rings (SSSR count). The summed E-state index contributed by atoms with van der Waals surface area (Å²) in [6.07, 6.45) is 8.86. The van der Waals surface area contributed by atoms with Gasteiger partial charge < -0.3 is 5.11 Å². The zero-order valence-corrected chi connectivity index (χ0v) is 9.85. The minimum Gasteiger partial charge on any atom is -0.478 e. The predicted octanol–water partition coefficient (Wildman–Crippen LogP) is 3.31. The Kier molecular flexibility index (Phi) is 2.61. The van der Waals surface area contributed by atoms with Crippen LogP contribution in [0.15, 0.2) is 12.3 Å². The number of aromatic carboxylic acids is 1. The summed E-state index contributed by atoms with van der Waals surface area (Å²) in [7, 11) is 0. The Morgan fingerprint density at radius 1 is 1.18 bits per heavy atom. The summed E-state index contributed by atoms with van der Waals surface area (Å²) in [6.45, 7) is 0. The maximum Gasteiger partial charge on any atom is 0.337 e. The molecule has 3 nitrogen and oxygen atoms in total. The van der Waals surface area contributed by atoms with Crippen molar-refractivity contribution in [3.8, 4) is 0 Å². The molecular formula is C14H17NO2. The van der Waals surface area contributed by atoms with Crippen LogP contribution in [0.4, 0.5) is 0 Å². The summed E-state index contributed by atoms with van der Waals surface area (Å²) in [4.78, 5) is 15.8. The van der Waals surface area contributed by atoms with Crippen molar-refractivity contribution < 1.29 is 9.90 Å². The van der Waals surface area contributed by atoms with Crippen LogP contribution in [0, 0.1) is 0 Å². The van der Waals surface area contributed by atoms with Gasteiger partial charge in [0.2, 0.25) is 0 Å². The second kappa shape index (κ2) is 4.13. The van der Waals surface area contributed by atoms with E-state index in [1.54, 1.807) is 0 Å². The van der Waals surface area contributed by atoms with Gasteiger partial charge in [-0.1, -0.05) is 12.8 Å². The average Bonchev–Trinajstić information content (AvgIpc) is 3.04. The van der Waals surface area contributed by atoms with Gasteiger partial charge >= 0.3 is 5.97 Å². The molecule has 0 bridgehead atoms. The summed E-state index contributed by atoms with van der Waals surface area (Å²) in [5.41, 5.74) is 2.38. The van der Waals surface area contributed by atoms with Crippen LogP contribution in [0.2, 0.25) is 0 Å². The lowest BCUT2D eigenvalue weighted by Crippen LogP contribution is -2.09. The Labute approximate surface area is 101 Å². The van der Waals surface area contributed by atoms with Crippen molar-refractivity contribution in [2.24, 2.45) is 0 Å². The third kappa shape index (κ3) is 2.06. The van der Waals surface area contributed by atoms with Crippen LogP contribution >= 0.6 is 0 Å². The molecule has 90 valence electrons. The molecule has 1 aromatic rings. The van der Waals surface area contributed by atoms with Crippen molar-refractivity contribution >= 4 is 5.97 Å². The topological polar surface area (TPSA) is 50.2 Å². The normalized spacial score (nSPS) is 20.7. The van der Waals surface area contributed by atoms with E-state index in [0.29, 0.717) is 17.4 Å². The number of hydrogen-bond donors (Lipinski definition) is 1. The van der Waals surface area contributed by atoms with Crippen molar-refractivity contribution in [3.63, 3.8) is 0 Å². The maximum absolute atomic E-state index is 11.3. The Balaban J connectivity index is 1.98. The van der Waals surface area contributed by atoms with E-state index in [1.165, 1.54) is 25.7 Å². The van der Waals surface area contributed by atoms with Crippen molar-refractivity contribution in [1.29, 1.82) is 0 Å². The van der Waals surface area contributed by atoms with Crippen LogP contribution in [0.25, 0.3) is 0 Å². The van der Waals surface area contributed by atoms with Crippen molar-refractivity contribution in [1.82, 2.24) is 4.98 Å². The van der Waals surface area contributed by atoms with E-state index in [4.69, 9.17) is 0 Å². The van der Waals surface area contributed by atoms with E-state index in [1.807, 2.05) is 12.3 Å². The third-order valence-electron chi connectivity index (χ3n) is 3.96. The number of hydrogen-bond acceptors (Lipinski definition) is 2. The van der Waals surface area contributed by atoms with Gasteiger partial charge in [0.25, 0.3) is 0 Å². The lowest BCUT2D eigenvalue weighted by Gasteiger charge is -2.12. The molecule has 17 heavy (non-hydrogen) atoms. The lowest BCUT2D eigenvalue weighted by atomic mass is 9.97. The second-order valence-electron chi connectivity index (χ2n) is 5.26. The van der Waals surface area contributed by atoms with Crippen molar-refractivity contribution in [3.05, 3.63) is 29.1 Å². The first-order chi connectivity index (χ1) is 8.25. The highest BCUT2D eigenvalue weighted by Crippen LogP contribution is 2.41. The molecule has 0 spiro atoms. The van der Waals surface area contributed by atoms with Gasteiger partial charge in [-0.2, -0.15) is 0 Å². The van der Waals surface area contributed by atoms with Crippen molar-refractivity contribution in [2.75, 3.05) is 0 Å². The molecule has 0 aliphatic heterocycles. The standard InChI is InChI=1S/C14H17NO2/c16-14(17)12-7-11(9-5-6-9)8-15-13(12)10-3-1-2-4-10/h7-10H,1-6H2,(H,16,17). The van der Waals surface area contributed by atoms with Crippen LogP contribution in [0.3, 0.4) is 0 Å². The number of nitrogens with zero attached hydrogens (tertiary/aromatic N) is 1. The van der Waals surface area contributed by atoms with E-state index in [-0.39, 0.29) is 0 Å². The summed E-state index contributed by atoms with van der Waals surface area (Å²) in [5, 5.41) is 9.31. The highest BCUT2D eigenvalue weighted by molar-refractivity contribution is 5.89. The zero-order valence-electron chi connectivity index (χ0n) is 9.85. The fourth-order valence-corrected chi connectivity index (χ4v) is 2.83. The molecular weight excluding hydrogens is 214 g/mol. The van der Waals surface area contributed by atoms with Gasteiger partial charge in [-0.25, -0.2) is 4.79 Å². The van der Waals surface area contributed by atoms with E-state index >= 15 is 0 Å². The van der Waals surface area contributed by atoms with Crippen molar-refractivity contribution in [2.45, 2.75) is 50.4 Å². The van der Waals surface area contributed by atoms with Crippen LogP contribution < -0.4 is 0 Å². The van der Waals surface area contributed by atoms with Crippen LogP contribution in [0.1, 0.15) is 72.0 Å². The summed E-state index contributed by atoms with van der Waals surface area (Å²) in [6, 6.07) is 1.86. The highest BCUT2D eigenvalue weighted by Gasteiger charge is 2.28. The smallest absolute Gasteiger partial charge is 0.337 e. The first-order valence-electron chi connectivity index (χ1n) is 6.49. The first-order valence-corrected chi connectivity index (χ1v) is 6.49. The Hall–Kier alpha value is -1.38. The second-order valence-corrected chi connectivity index (χ2v) is 5.26. The monoisotopic (exact) mass is 231 g/mol. The lowest BCUT2D eigenvalue weighted by molar-refractivity contribution is 0.0694. The van der Waals surface area contributed by atoms with Gasteiger partial charge in [0, 0.05) is 12.1 Å². The summed E-state index contributed by atoms with van der Waals surface area (Å²) < 4.78 is 0. The molecule has 0 aromatic carbocycles. The van der Waals surface area contributed by atoms with Gasteiger partial charge in [0.05, 0.1) is 11.3 Å². The number of pyridine rings is 1. The SMILES string of the molecule is O=C(O)c1cc(C2CC2)cnc1C1CCCC1. The van der Waals surface area contributed by atoms with Gasteiger partial charge in [-0.05, 0) is 43.2 Å². The molecule has 0 saturated heterocycles. The molecule has 2 saturated carbocycles. The summed E-state index contributed by atoms with van der Waals surface area (Å²) >= 11 is 0. The Morgan fingerprint density at radius 3 is 2.47 bits per heavy atom. The maximum atomic E-state index is 11.3. The largest absolute Gasteiger partial charge is 0.478 e. The van der Waals surface area contributed by atoms with Crippen LogP contribution in [0.5, 0.6) is 0 Å². The molecule has 0 amide bonds. The van der Waals surface area contributed by atoms with Gasteiger partial charge in [0.1, 0.15) is 0 Å². The van der Waals surface area contributed by atoms with Gasteiger partial charge in [0.15, 0.2) is 0 Å². The van der Waals surface area contributed by atoms with E-state index in [9.17, 15) is 9.90 Å². The van der Waals surface area contributed by atoms with E-state index in [0.717, 1.165) is 24.1 Å². The van der Waals surface area contributed by atoms with Gasteiger partial charge in [-0.3, -0.25) is 4.98 Å². The molecule has 0 unspecified atom stereocenters. The van der Waals surface area contributed by atoms with E-state index in [2.05, 4.69) is 4.98 Å². The molecule has 1 aromatic heterocycles. The predicted molar refractivity (Wildman–Crippen MR) is 64.4 cm³/mol. The summed E-state index contributed by atoms with van der Waals surface area (Å²) in [5.74, 6) is 0.120. The molecule has 2 fully saturated rings. The quantitative estimate of drug-likeness (QED) is 0.868. The average molecular weight is 231 g/mol. The van der Waals surface area contributed by atoms with Gasteiger partial charge in [-0.15, -0.1) is 0 Å². The molecule has 1 N–H and O–H groups in total. The molecule has 2 aliphatic rings. The highest BCUT2D eigenvalue weighted by atomic mass is 16.4. The molecule has 1 heterocycles. The minimum atomic E-state index is -0.818. The molecule has 0 atom stereocenters. The number of carboxylic acids is 1. The fourth-order valence-electron chi connectivity index (χ4n) is 2.83. The third-order valence-corrected chi connectivity index (χ3v) is 3.96. The van der Waals surface area contributed by atoms with Crippen LogP contribution in [-0.2, 0) is 0 Å². The molecule has 3 heteroatoms.